The summed E-state index contributed by atoms with van der Waals surface area (Å²) in [5.41, 5.74) is 0. The minimum Gasteiger partial charge on any atom is -0.394 e. The van der Waals surface area contributed by atoms with E-state index in [0.717, 1.165) is 44.9 Å². The second-order valence-corrected chi connectivity index (χ2v) is 24.3. The van der Waals surface area contributed by atoms with Gasteiger partial charge in [-0.15, -0.1) is 0 Å². The molecule has 1 heterocycles. The Morgan fingerprint density at radius 1 is 0.425 bits per heavy atom. The Bertz CT molecular complexity index is 1400. The number of ether oxygens (including phenoxy) is 2. The van der Waals surface area contributed by atoms with Crippen LogP contribution in [-0.4, -0.2) is 87.5 Å². The van der Waals surface area contributed by atoms with E-state index in [2.05, 4.69) is 55.6 Å². The first-order chi connectivity index (χ1) is 39.3. The molecule has 9 heteroatoms. The van der Waals surface area contributed by atoms with Crippen molar-refractivity contribution in [3.63, 3.8) is 0 Å². The number of aliphatic hydroxyl groups excluding tert-OH is 5. The van der Waals surface area contributed by atoms with E-state index in [-0.39, 0.29) is 12.5 Å². The van der Waals surface area contributed by atoms with Crippen LogP contribution >= 0.6 is 0 Å². The molecule has 470 valence electrons. The number of amides is 1. The Hall–Kier alpha value is -1.85. The lowest BCUT2D eigenvalue weighted by Crippen LogP contribution is -2.60. The van der Waals surface area contributed by atoms with Gasteiger partial charge in [-0.2, -0.15) is 0 Å². The van der Waals surface area contributed by atoms with Gasteiger partial charge in [0.15, 0.2) is 6.29 Å². The first kappa shape index (κ1) is 76.2. The fourth-order valence-electron chi connectivity index (χ4n) is 11.1. The van der Waals surface area contributed by atoms with Gasteiger partial charge in [-0.25, -0.2) is 0 Å². The molecule has 1 amide bonds. The molecule has 80 heavy (non-hydrogen) atoms. The monoisotopic (exact) mass is 1130 g/mol. The molecule has 6 N–H and O–H groups in total. The van der Waals surface area contributed by atoms with Gasteiger partial charge in [-0.1, -0.05) is 319 Å². The summed E-state index contributed by atoms with van der Waals surface area (Å²) < 4.78 is 11.3. The molecule has 0 bridgehead atoms. The number of allylic oxidation sites excluding steroid dienone is 7. The van der Waals surface area contributed by atoms with Gasteiger partial charge in [-0.3, -0.25) is 4.79 Å². The number of rotatable bonds is 61. The standard InChI is InChI=1S/C71H133NO8/c1-3-5-7-9-11-13-15-17-19-21-23-25-27-29-31-32-33-34-35-37-39-41-43-45-47-49-51-53-55-57-59-61-67(75)72-64(63-79-71-70(78)69(77)68(76)66(62-73)80-71)65(74)60-58-56-54-52-50-48-46-44-42-40-38-36-30-28-26-24-22-20-18-16-14-12-10-8-6-4-2/h15,17,21,23,50,52,58,60,64-66,68-71,73-74,76-78H,3-14,16,18-20,22,24-49,51,53-57,59,61-63H2,1-2H3,(H,72,75)/b17-15-,23-21-,52-50+,60-58+. The van der Waals surface area contributed by atoms with Gasteiger partial charge < -0.3 is 40.3 Å². The summed E-state index contributed by atoms with van der Waals surface area (Å²) in [4.78, 5) is 13.1. The van der Waals surface area contributed by atoms with Crippen LogP contribution in [0.15, 0.2) is 48.6 Å². The van der Waals surface area contributed by atoms with Crippen molar-refractivity contribution in [3.05, 3.63) is 48.6 Å². The molecule has 1 saturated heterocycles. The van der Waals surface area contributed by atoms with Crippen LogP contribution < -0.4 is 5.32 Å². The summed E-state index contributed by atoms with van der Waals surface area (Å²) in [6.07, 6.45) is 75.0. The number of nitrogens with one attached hydrogen (secondary N) is 1. The Morgan fingerprint density at radius 3 is 1.12 bits per heavy atom. The lowest BCUT2D eigenvalue weighted by atomic mass is 9.99. The number of hydrogen-bond acceptors (Lipinski definition) is 8. The summed E-state index contributed by atoms with van der Waals surface area (Å²) in [5, 5.41) is 54.7. The zero-order valence-electron chi connectivity index (χ0n) is 52.6. The van der Waals surface area contributed by atoms with Crippen LogP contribution in [-0.2, 0) is 14.3 Å². The number of carbonyl (C=O) groups excluding carboxylic acids is 1. The molecule has 1 aliphatic heterocycles. The van der Waals surface area contributed by atoms with Crippen molar-refractivity contribution in [2.75, 3.05) is 13.2 Å². The molecule has 9 nitrogen and oxygen atoms in total. The van der Waals surface area contributed by atoms with Gasteiger partial charge in [0.05, 0.1) is 25.4 Å². The lowest BCUT2D eigenvalue weighted by molar-refractivity contribution is -0.302. The highest BCUT2D eigenvalue weighted by Gasteiger charge is 2.44. The van der Waals surface area contributed by atoms with E-state index in [1.54, 1.807) is 6.08 Å². The smallest absolute Gasteiger partial charge is 0.220 e. The molecule has 0 aromatic carbocycles. The second-order valence-electron chi connectivity index (χ2n) is 24.3. The minimum absolute atomic E-state index is 0.181. The molecule has 0 spiro atoms. The predicted octanol–water partition coefficient (Wildman–Crippen LogP) is 18.8. The molecular weight excluding hydrogens is 995 g/mol. The first-order valence-corrected chi connectivity index (χ1v) is 34.9. The Kier molecular flexibility index (Phi) is 57.4. The van der Waals surface area contributed by atoms with Gasteiger partial charge in [0.2, 0.25) is 5.91 Å². The molecule has 0 aliphatic carbocycles. The van der Waals surface area contributed by atoms with Crippen LogP contribution in [0.3, 0.4) is 0 Å². The van der Waals surface area contributed by atoms with Crippen LogP contribution in [0.25, 0.3) is 0 Å². The topological polar surface area (TPSA) is 149 Å². The van der Waals surface area contributed by atoms with Gasteiger partial charge in [-0.05, 0) is 64.2 Å². The highest BCUT2D eigenvalue weighted by atomic mass is 16.7. The average Bonchev–Trinajstić information content (AvgIpc) is 3.46. The van der Waals surface area contributed by atoms with Gasteiger partial charge in [0.25, 0.3) is 0 Å². The Labute approximate surface area is 494 Å². The lowest BCUT2D eigenvalue weighted by Gasteiger charge is -2.40. The highest BCUT2D eigenvalue weighted by Crippen LogP contribution is 2.23. The van der Waals surface area contributed by atoms with Crippen molar-refractivity contribution >= 4 is 5.91 Å². The van der Waals surface area contributed by atoms with Crippen LogP contribution in [0.1, 0.15) is 341 Å². The van der Waals surface area contributed by atoms with Crippen molar-refractivity contribution in [1.82, 2.24) is 5.32 Å². The van der Waals surface area contributed by atoms with Crippen molar-refractivity contribution in [3.8, 4) is 0 Å². The van der Waals surface area contributed by atoms with Crippen LogP contribution in [0.2, 0.25) is 0 Å². The van der Waals surface area contributed by atoms with E-state index >= 15 is 0 Å². The largest absolute Gasteiger partial charge is 0.394 e. The van der Waals surface area contributed by atoms with E-state index in [0.29, 0.717) is 6.42 Å². The highest BCUT2D eigenvalue weighted by molar-refractivity contribution is 5.76. The average molecular weight is 1130 g/mol. The third kappa shape index (κ3) is 48.5. The van der Waals surface area contributed by atoms with Crippen LogP contribution in [0.4, 0.5) is 0 Å². The second kappa shape index (κ2) is 60.3. The summed E-state index contributed by atoms with van der Waals surface area (Å²) in [6.45, 7) is 3.80. The first-order valence-electron chi connectivity index (χ1n) is 34.9. The van der Waals surface area contributed by atoms with Gasteiger partial charge in [0, 0.05) is 6.42 Å². The van der Waals surface area contributed by atoms with Crippen LogP contribution in [0, 0.1) is 0 Å². The van der Waals surface area contributed by atoms with E-state index in [4.69, 9.17) is 9.47 Å². The quantitative estimate of drug-likeness (QED) is 0.0261. The molecule has 0 aromatic rings. The fourth-order valence-corrected chi connectivity index (χ4v) is 11.1. The molecule has 0 radical (unpaired) electrons. The molecule has 0 aromatic heterocycles. The van der Waals surface area contributed by atoms with Gasteiger partial charge >= 0.3 is 0 Å². The van der Waals surface area contributed by atoms with E-state index in [1.807, 2.05) is 6.08 Å². The Balaban J connectivity index is 2.14. The molecular formula is C71H133NO8. The van der Waals surface area contributed by atoms with E-state index in [1.165, 1.54) is 276 Å². The molecule has 1 rings (SSSR count). The van der Waals surface area contributed by atoms with E-state index < -0.39 is 49.5 Å². The normalized spacial score (nSPS) is 18.7. The summed E-state index contributed by atoms with van der Waals surface area (Å²) >= 11 is 0. The van der Waals surface area contributed by atoms with Gasteiger partial charge in [0.1, 0.15) is 24.4 Å². The fraction of sp³-hybridized carbons (Fsp3) is 0.873. The molecule has 1 fully saturated rings. The van der Waals surface area contributed by atoms with Crippen molar-refractivity contribution < 1.29 is 39.8 Å². The summed E-state index contributed by atoms with van der Waals surface area (Å²) in [7, 11) is 0. The van der Waals surface area contributed by atoms with Crippen molar-refractivity contribution in [2.24, 2.45) is 0 Å². The maximum Gasteiger partial charge on any atom is 0.220 e. The summed E-state index contributed by atoms with van der Waals surface area (Å²) in [5.74, 6) is -0.181. The molecule has 1 aliphatic rings. The number of hydrogen-bond donors (Lipinski definition) is 6. The predicted molar refractivity (Wildman–Crippen MR) is 341 cm³/mol. The third-order valence-electron chi connectivity index (χ3n) is 16.6. The molecule has 7 atom stereocenters. The molecule has 0 saturated carbocycles. The zero-order valence-corrected chi connectivity index (χ0v) is 52.6. The minimum atomic E-state index is -1.57. The SMILES string of the molecule is CCCCCCC/C=C\C/C=C\CCCCCCCCCCCCCCCCCCCCCC(=O)NC(COC1OC(CO)C(O)C(O)C1O)C(O)/C=C/CC/C=C/CCCCCCCCCCCCCCCCCCCCCC. The number of carbonyl (C=O) groups is 1. The summed E-state index contributed by atoms with van der Waals surface area (Å²) in [6, 6.07) is -0.823. The third-order valence-corrected chi connectivity index (χ3v) is 16.6. The maximum absolute atomic E-state index is 13.1. The molecule has 7 unspecified atom stereocenters. The van der Waals surface area contributed by atoms with Crippen LogP contribution in [0.5, 0.6) is 0 Å². The maximum atomic E-state index is 13.1. The number of aliphatic hydroxyl groups is 5. The van der Waals surface area contributed by atoms with E-state index in [9.17, 15) is 30.3 Å². The number of unbranched alkanes of at least 4 members (excludes halogenated alkanes) is 45. The zero-order chi connectivity index (χ0) is 57.9. The van der Waals surface area contributed by atoms with Crippen molar-refractivity contribution in [2.45, 2.75) is 384 Å². The Morgan fingerprint density at radius 2 is 0.750 bits per heavy atom. The van der Waals surface area contributed by atoms with Crippen molar-refractivity contribution in [1.29, 1.82) is 0 Å².